The van der Waals surface area contributed by atoms with Crippen LogP contribution in [0.15, 0.2) is 30.3 Å². The summed E-state index contributed by atoms with van der Waals surface area (Å²) < 4.78 is 6.05. The number of rotatable bonds is 3. The molecule has 2 heterocycles. The van der Waals surface area contributed by atoms with Crippen LogP contribution in [0.2, 0.25) is 0 Å². The van der Waals surface area contributed by atoms with Crippen LogP contribution in [0.5, 0.6) is 5.75 Å². The van der Waals surface area contributed by atoms with Gasteiger partial charge in [0.2, 0.25) is 5.91 Å². The van der Waals surface area contributed by atoms with Crippen molar-refractivity contribution in [3.8, 4) is 5.75 Å². The Bertz CT molecular complexity index is 469. The highest BCUT2D eigenvalue weighted by Crippen LogP contribution is 2.24. The second-order valence-corrected chi connectivity index (χ2v) is 6.07. The third kappa shape index (κ3) is 3.56. The first-order chi connectivity index (χ1) is 10.2. The third-order valence-corrected chi connectivity index (χ3v) is 4.65. The first-order valence-corrected chi connectivity index (χ1v) is 7.93. The summed E-state index contributed by atoms with van der Waals surface area (Å²) >= 11 is 0. The van der Waals surface area contributed by atoms with Gasteiger partial charge in [0.15, 0.2) is 0 Å². The zero-order chi connectivity index (χ0) is 14.7. The summed E-state index contributed by atoms with van der Waals surface area (Å²) in [5, 5.41) is 0. The Labute approximate surface area is 126 Å². The summed E-state index contributed by atoms with van der Waals surface area (Å²) in [6.07, 6.45) is 3.59. The molecule has 2 aliphatic heterocycles. The van der Waals surface area contributed by atoms with E-state index in [0.29, 0.717) is 12.1 Å². The number of carbonyl (C=O) groups is 1. The van der Waals surface area contributed by atoms with E-state index in [1.807, 2.05) is 35.2 Å². The number of benzene rings is 1. The molecular formula is C17H24N2O2. The molecule has 0 saturated carbocycles. The molecule has 3 rings (SSSR count). The molecule has 0 bridgehead atoms. The van der Waals surface area contributed by atoms with Gasteiger partial charge in [-0.3, -0.25) is 9.69 Å². The van der Waals surface area contributed by atoms with Crippen molar-refractivity contribution in [2.75, 3.05) is 26.2 Å². The molecule has 0 N–H and O–H groups in total. The van der Waals surface area contributed by atoms with E-state index in [2.05, 4.69) is 4.90 Å². The van der Waals surface area contributed by atoms with Crippen molar-refractivity contribution in [3.05, 3.63) is 30.3 Å². The molecule has 0 unspecified atom stereocenters. The molecule has 1 aromatic carbocycles. The first kappa shape index (κ1) is 14.4. The lowest BCUT2D eigenvalue weighted by Gasteiger charge is -2.36. The van der Waals surface area contributed by atoms with Gasteiger partial charge >= 0.3 is 0 Å². The van der Waals surface area contributed by atoms with Crippen LogP contribution in [0.4, 0.5) is 0 Å². The topological polar surface area (TPSA) is 32.8 Å². The minimum absolute atomic E-state index is 0.208. The highest BCUT2D eigenvalue weighted by Gasteiger charge is 2.31. The number of amides is 1. The first-order valence-electron chi connectivity index (χ1n) is 7.93. The average molecular weight is 288 g/mol. The van der Waals surface area contributed by atoms with Crippen LogP contribution in [0.25, 0.3) is 0 Å². The number of carbonyl (C=O) groups excluding carboxylic acids is 1. The van der Waals surface area contributed by atoms with Gasteiger partial charge in [-0.15, -0.1) is 0 Å². The fraction of sp³-hybridized carbons (Fsp3) is 0.588. The van der Waals surface area contributed by atoms with E-state index in [1.165, 1.54) is 0 Å². The largest absolute Gasteiger partial charge is 0.489 e. The molecular weight excluding hydrogens is 264 g/mol. The number of piperidine rings is 1. The van der Waals surface area contributed by atoms with Gasteiger partial charge in [-0.05, 0) is 31.4 Å². The van der Waals surface area contributed by atoms with Crippen molar-refractivity contribution < 1.29 is 9.53 Å². The second kappa shape index (κ2) is 6.48. The number of hydrogen-bond acceptors (Lipinski definition) is 3. The second-order valence-electron chi connectivity index (χ2n) is 6.07. The quantitative estimate of drug-likeness (QED) is 0.854. The minimum Gasteiger partial charge on any atom is -0.489 e. The van der Waals surface area contributed by atoms with Gasteiger partial charge in [-0.1, -0.05) is 18.2 Å². The highest BCUT2D eigenvalue weighted by atomic mass is 16.5. The van der Waals surface area contributed by atoms with Crippen LogP contribution in [0.1, 0.15) is 26.2 Å². The van der Waals surface area contributed by atoms with E-state index in [9.17, 15) is 4.79 Å². The maximum absolute atomic E-state index is 11.4. The summed E-state index contributed by atoms with van der Waals surface area (Å²) in [5.41, 5.74) is 0. The number of likely N-dealkylation sites (tertiary alicyclic amines) is 2. The lowest BCUT2D eigenvalue weighted by Crippen LogP contribution is -2.45. The average Bonchev–Trinajstić information content (AvgIpc) is 2.97. The van der Waals surface area contributed by atoms with Gasteiger partial charge in [-0.2, -0.15) is 0 Å². The normalized spacial score (nSPS) is 24.2. The van der Waals surface area contributed by atoms with Crippen LogP contribution < -0.4 is 4.74 Å². The molecule has 1 atom stereocenters. The zero-order valence-corrected chi connectivity index (χ0v) is 12.7. The standard InChI is InChI=1S/C17H24N2O2/c1-14(20)18-10-7-15(8-11-18)19-12-9-17(13-19)21-16-5-3-2-4-6-16/h2-6,15,17H,7-13H2,1H3/t17-/m1/s1. The molecule has 1 aromatic rings. The predicted molar refractivity (Wildman–Crippen MR) is 82.3 cm³/mol. The van der Waals surface area contributed by atoms with E-state index in [1.54, 1.807) is 6.92 Å². The van der Waals surface area contributed by atoms with Crippen LogP contribution in [0, 0.1) is 0 Å². The Morgan fingerprint density at radius 2 is 1.81 bits per heavy atom. The van der Waals surface area contributed by atoms with Gasteiger partial charge < -0.3 is 9.64 Å². The lowest BCUT2D eigenvalue weighted by atomic mass is 10.0. The van der Waals surface area contributed by atoms with E-state index >= 15 is 0 Å². The Balaban J connectivity index is 1.48. The van der Waals surface area contributed by atoms with Crippen molar-refractivity contribution in [1.29, 1.82) is 0 Å². The summed E-state index contributed by atoms with van der Waals surface area (Å²) in [6.45, 7) is 5.60. The Kier molecular flexibility index (Phi) is 4.44. The summed E-state index contributed by atoms with van der Waals surface area (Å²) in [6, 6.07) is 10.7. The van der Waals surface area contributed by atoms with E-state index in [0.717, 1.165) is 51.2 Å². The van der Waals surface area contributed by atoms with Crippen molar-refractivity contribution >= 4 is 5.91 Å². The van der Waals surface area contributed by atoms with Crippen LogP contribution in [-0.4, -0.2) is 54.0 Å². The van der Waals surface area contributed by atoms with Gasteiger partial charge in [0, 0.05) is 39.1 Å². The van der Waals surface area contributed by atoms with Crippen molar-refractivity contribution in [2.24, 2.45) is 0 Å². The molecule has 0 aromatic heterocycles. The summed E-state index contributed by atoms with van der Waals surface area (Å²) in [7, 11) is 0. The molecule has 114 valence electrons. The van der Waals surface area contributed by atoms with Crippen LogP contribution in [-0.2, 0) is 4.79 Å². The Morgan fingerprint density at radius 1 is 1.10 bits per heavy atom. The fourth-order valence-electron chi connectivity index (χ4n) is 3.42. The highest BCUT2D eigenvalue weighted by molar-refractivity contribution is 5.73. The van der Waals surface area contributed by atoms with Crippen molar-refractivity contribution in [1.82, 2.24) is 9.80 Å². The van der Waals surface area contributed by atoms with Crippen molar-refractivity contribution in [2.45, 2.75) is 38.3 Å². The molecule has 0 spiro atoms. The van der Waals surface area contributed by atoms with E-state index in [-0.39, 0.29) is 5.91 Å². The van der Waals surface area contributed by atoms with Crippen LogP contribution >= 0.6 is 0 Å². The SMILES string of the molecule is CC(=O)N1CCC(N2CC[C@@H](Oc3ccccc3)C2)CC1. The molecule has 2 saturated heterocycles. The molecule has 21 heavy (non-hydrogen) atoms. The van der Waals surface area contributed by atoms with Gasteiger partial charge in [-0.25, -0.2) is 0 Å². The molecule has 4 nitrogen and oxygen atoms in total. The molecule has 0 aliphatic carbocycles. The number of para-hydroxylation sites is 1. The summed E-state index contributed by atoms with van der Waals surface area (Å²) in [5.74, 6) is 1.18. The number of ether oxygens (including phenoxy) is 1. The molecule has 4 heteroatoms. The Morgan fingerprint density at radius 3 is 2.48 bits per heavy atom. The lowest BCUT2D eigenvalue weighted by molar-refractivity contribution is -0.130. The third-order valence-electron chi connectivity index (χ3n) is 4.65. The molecule has 2 aliphatic rings. The molecule has 1 amide bonds. The van der Waals surface area contributed by atoms with Gasteiger partial charge in [0.1, 0.15) is 11.9 Å². The maximum atomic E-state index is 11.4. The van der Waals surface area contributed by atoms with Gasteiger partial charge in [0.25, 0.3) is 0 Å². The monoisotopic (exact) mass is 288 g/mol. The number of hydrogen-bond donors (Lipinski definition) is 0. The number of nitrogens with zero attached hydrogens (tertiary/aromatic N) is 2. The molecule has 0 radical (unpaired) electrons. The minimum atomic E-state index is 0.208. The van der Waals surface area contributed by atoms with Crippen LogP contribution in [0.3, 0.4) is 0 Å². The van der Waals surface area contributed by atoms with Gasteiger partial charge in [0.05, 0.1) is 0 Å². The maximum Gasteiger partial charge on any atom is 0.219 e. The summed E-state index contributed by atoms with van der Waals surface area (Å²) in [4.78, 5) is 15.9. The zero-order valence-electron chi connectivity index (χ0n) is 12.7. The predicted octanol–water partition coefficient (Wildman–Crippen LogP) is 2.15. The molecule has 2 fully saturated rings. The fourth-order valence-corrected chi connectivity index (χ4v) is 3.42. The smallest absolute Gasteiger partial charge is 0.219 e. The Hall–Kier alpha value is -1.55. The van der Waals surface area contributed by atoms with E-state index in [4.69, 9.17) is 4.74 Å². The van der Waals surface area contributed by atoms with Crippen molar-refractivity contribution in [3.63, 3.8) is 0 Å². The van der Waals surface area contributed by atoms with E-state index < -0.39 is 0 Å².